The van der Waals surface area contributed by atoms with Crippen LogP contribution in [0.25, 0.3) is 0 Å². The largest absolute Gasteiger partial charge is 0.278 e. The van der Waals surface area contributed by atoms with E-state index in [0.717, 1.165) is 11.3 Å². The highest BCUT2D eigenvalue weighted by molar-refractivity contribution is 5.98. The number of anilines is 1. The number of nitrogens with zero attached hydrogens (tertiary/aromatic N) is 3. The second kappa shape index (κ2) is 5.72. The minimum Gasteiger partial charge on any atom is -0.278 e. The van der Waals surface area contributed by atoms with E-state index in [4.69, 9.17) is 0 Å². The maximum Gasteiger partial charge on any atom is 0.271 e. The lowest BCUT2D eigenvalue weighted by molar-refractivity contribution is -0.384. The molecule has 1 aromatic heterocycles. The Balaban J connectivity index is 2.14. The van der Waals surface area contributed by atoms with Crippen molar-refractivity contribution < 1.29 is 4.92 Å². The molecule has 0 saturated carbocycles. The molecule has 0 atom stereocenters. The molecule has 0 bridgehead atoms. The summed E-state index contributed by atoms with van der Waals surface area (Å²) in [6, 6.07) is 9.88. The van der Waals surface area contributed by atoms with Crippen molar-refractivity contribution in [1.29, 1.82) is 0 Å². The van der Waals surface area contributed by atoms with Crippen LogP contribution >= 0.6 is 0 Å². The molecular formula is C13H12N4O2. The molecular weight excluding hydrogens is 244 g/mol. The SMILES string of the molecule is C/C(=N/Nc1cccc([N+](=O)[O-])c1)c1ccncc1. The smallest absolute Gasteiger partial charge is 0.271 e. The van der Waals surface area contributed by atoms with Crippen LogP contribution < -0.4 is 5.43 Å². The maximum absolute atomic E-state index is 10.6. The molecule has 1 N–H and O–H groups in total. The second-order valence-electron chi connectivity index (χ2n) is 3.85. The number of hydrazone groups is 1. The number of pyridine rings is 1. The second-order valence-corrected chi connectivity index (χ2v) is 3.85. The number of nitrogens with one attached hydrogen (secondary N) is 1. The lowest BCUT2D eigenvalue weighted by Gasteiger charge is -2.03. The van der Waals surface area contributed by atoms with Gasteiger partial charge in [-0.2, -0.15) is 5.10 Å². The number of aromatic nitrogens is 1. The maximum atomic E-state index is 10.6. The first-order valence-electron chi connectivity index (χ1n) is 5.62. The van der Waals surface area contributed by atoms with Crippen LogP contribution in [0.4, 0.5) is 11.4 Å². The minimum atomic E-state index is -0.440. The summed E-state index contributed by atoms with van der Waals surface area (Å²) in [4.78, 5) is 14.1. The number of nitro groups is 1. The van der Waals surface area contributed by atoms with Gasteiger partial charge in [0.25, 0.3) is 5.69 Å². The van der Waals surface area contributed by atoms with E-state index in [2.05, 4.69) is 15.5 Å². The Bertz CT molecular complexity index is 611. The Morgan fingerprint density at radius 1 is 1.32 bits per heavy atom. The number of hydrogen-bond donors (Lipinski definition) is 1. The Hall–Kier alpha value is -2.76. The molecule has 0 spiro atoms. The lowest BCUT2D eigenvalue weighted by Crippen LogP contribution is -2.00. The number of rotatable bonds is 4. The average molecular weight is 256 g/mol. The van der Waals surface area contributed by atoms with Gasteiger partial charge in [-0.15, -0.1) is 0 Å². The quantitative estimate of drug-likeness (QED) is 0.518. The third-order valence-electron chi connectivity index (χ3n) is 2.51. The summed E-state index contributed by atoms with van der Waals surface area (Å²) in [6.07, 6.45) is 3.36. The fourth-order valence-electron chi connectivity index (χ4n) is 1.50. The molecule has 0 fully saturated rings. The zero-order chi connectivity index (χ0) is 13.7. The first kappa shape index (κ1) is 12.7. The molecule has 96 valence electrons. The first-order valence-corrected chi connectivity index (χ1v) is 5.62. The van der Waals surface area contributed by atoms with Gasteiger partial charge in [-0.3, -0.25) is 20.5 Å². The van der Waals surface area contributed by atoms with Crippen molar-refractivity contribution in [2.24, 2.45) is 5.10 Å². The summed E-state index contributed by atoms with van der Waals surface area (Å²) in [5.41, 5.74) is 5.11. The minimum absolute atomic E-state index is 0.0294. The van der Waals surface area contributed by atoms with Crippen molar-refractivity contribution in [3.63, 3.8) is 0 Å². The zero-order valence-electron chi connectivity index (χ0n) is 10.3. The molecule has 0 unspecified atom stereocenters. The van der Waals surface area contributed by atoms with E-state index >= 15 is 0 Å². The van der Waals surface area contributed by atoms with Gasteiger partial charge < -0.3 is 0 Å². The van der Waals surface area contributed by atoms with Crippen LogP contribution in [-0.4, -0.2) is 15.6 Å². The normalized spacial score (nSPS) is 11.1. The fourth-order valence-corrected chi connectivity index (χ4v) is 1.50. The van der Waals surface area contributed by atoms with E-state index in [1.54, 1.807) is 24.5 Å². The number of benzene rings is 1. The Kier molecular flexibility index (Phi) is 3.82. The van der Waals surface area contributed by atoms with Crippen molar-refractivity contribution in [1.82, 2.24) is 4.98 Å². The molecule has 6 heteroatoms. The zero-order valence-corrected chi connectivity index (χ0v) is 10.3. The molecule has 2 rings (SSSR count). The van der Waals surface area contributed by atoms with E-state index in [1.807, 2.05) is 19.1 Å². The third kappa shape index (κ3) is 3.35. The first-order chi connectivity index (χ1) is 9.16. The van der Waals surface area contributed by atoms with Crippen LogP contribution in [0.5, 0.6) is 0 Å². The topological polar surface area (TPSA) is 80.4 Å². The van der Waals surface area contributed by atoms with Crippen LogP contribution in [-0.2, 0) is 0 Å². The molecule has 0 amide bonds. The Morgan fingerprint density at radius 3 is 2.74 bits per heavy atom. The number of non-ortho nitro benzene ring substituents is 1. The predicted octanol–water partition coefficient (Wildman–Crippen LogP) is 2.83. The lowest BCUT2D eigenvalue weighted by atomic mass is 10.2. The van der Waals surface area contributed by atoms with Crippen LogP contribution in [0.15, 0.2) is 53.9 Å². The Morgan fingerprint density at radius 2 is 2.05 bits per heavy atom. The highest BCUT2D eigenvalue weighted by Crippen LogP contribution is 2.17. The molecule has 0 saturated heterocycles. The van der Waals surface area contributed by atoms with Crippen molar-refractivity contribution >= 4 is 17.1 Å². The summed E-state index contributed by atoms with van der Waals surface area (Å²) < 4.78 is 0. The number of hydrogen-bond acceptors (Lipinski definition) is 5. The standard InChI is InChI=1S/C13H12N4O2/c1-10(11-5-7-14-8-6-11)15-16-12-3-2-4-13(9-12)17(18)19/h2-9,16H,1H3/b15-10-. The highest BCUT2D eigenvalue weighted by Gasteiger charge is 2.04. The van der Waals surface area contributed by atoms with Crippen LogP contribution in [0.2, 0.25) is 0 Å². The Labute approximate surface area is 110 Å². The van der Waals surface area contributed by atoms with Gasteiger partial charge in [0.1, 0.15) is 0 Å². The summed E-state index contributed by atoms with van der Waals surface area (Å²) in [7, 11) is 0. The van der Waals surface area contributed by atoms with Crippen molar-refractivity contribution in [2.75, 3.05) is 5.43 Å². The van der Waals surface area contributed by atoms with Crippen LogP contribution in [0.1, 0.15) is 12.5 Å². The van der Waals surface area contributed by atoms with E-state index in [9.17, 15) is 10.1 Å². The van der Waals surface area contributed by atoms with Gasteiger partial charge in [-0.1, -0.05) is 6.07 Å². The van der Waals surface area contributed by atoms with Gasteiger partial charge in [0.2, 0.25) is 0 Å². The van der Waals surface area contributed by atoms with E-state index in [1.165, 1.54) is 12.1 Å². The summed E-state index contributed by atoms with van der Waals surface area (Å²) in [6.45, 7) is 1.85. The fraction of sp³-hybridized carbons (Fsp3) is 0.0769. The molecule has 19 heavy (non-hydrogen) atoms. The van der Waals surface area contributed by atoms with Gasteiger partial charge in [-0.05, 0) is 25.1 Å². The molecule has 1 aromatic carbocycles. The highest BCUT2D eigenvalue weighted by atomic mass is 16.6. The number of nitro benzene ring substituents is 1. The third-order valence-corrected chi connectivity index (χ3v) is 2.51. The van der Waals surface area contributed by atoms with Gasteiger partial charge in [-0.25, -0.2) is 0 Å². The monoisotopic (exact) mass is 256 g/mol. The summed E-state index contributed by atoms with van der Waals surface area (Å²) in [5.74, 6) is 0. The molecule has 0 radical (unpaired) electrons. The summed E-state index contributed by atoms with van der Waals surface area (Å²) >= 11 is 0. The van der Waals surface area contributed by atoms with E-state index < -0.39 is 4.92 Å². The molecule has 1 heterocycles. The van der Waals surface area contributed by atoms with Gasteiger partial charge in [0, 0.05) is 30.1 Å². The van der Waals surface area contributed by atoms with Crippen LogP contribution in [0, 0.1) is 10.1 Å². The molecule has 2 aromatic rings. The molecule has 0 aliphatic carbocycles. The average Bonchev–Trinajstić information content (AvgIpc) is 2.46. The molecule has 6 nitrogen and oxygen atoms in total. The van der Waals surface area contributed by atoms with E-state index in [-0.39, 0.29) is 5.69 Å². The van der Waals surface area contributed by atoms with Crippen molar-refractivity contribution in [2.45, 2.75) is 6.92 Å². The summed E-state index contributed by atoms with van der Waals surface area (Å²) in [5, 5.41) is 14.8. The van der Waals surface area contributed by atoms with Crippen molar-refractivity contribution in [3.8, 4) is 0 Å². The van der Waals surface area contributed by atoms with Gasteiger partial charge in [0.05, 0.1) is 16.3 Å². The van der Waals surface area contributed by atoms with E-state index in [0.29, 0.717) is 5.69 Å². The molecule has 0 aliphatic heterocycles. The van der Waals surface area contributed by atoms with Crippen molar-refractivity contribution in [3.05, 3.63) is 64.5 Å². The predicted molar refractivity (Wildman–Crippen MR) is 73.2 cm³/mol. The van der Waals surface area contributed by atoms with Crippen LogP contribution in [0.3, 0.4) is 0 Å². The van der Waals surface area contributed by atoms with Gasteiger partial charge in [0.15, 0.2) is 0 Å². The molecule has 0 aliphatic rings. The van der Waals surface area contributed by atoms with Gasteiger partial charge >= 0.3 is 0 Å².